The summed E-state index contributed by atoms with van der Waals surface area (Å²) in [6.07, 6.45) is -2.14. The first-order valence-corrected chi connectivity index (χ1v) is 7.38. The normalized spacial score (nSPS) is 12.7. The fourth-order valence-corrected chi connectivity index (χ4v) is 2.19. The van der Waals surface area contributed by atoms with Gasteiger partial charge in [-0.15, -0.1) is 0 Å². The lowest BCUT2D eigenvalue weighted by atomic mass is 10.0. The van der Waals surface area contributed by atoms with Gasteiger partial charge in [-0.1, -0.05) is 29.8 Å². The van der Waals surface area contributed by atoms with Crippen LogP contribution < -0.4 is 10.6 Å². The predicted molar refractivity (Wildman–Crippen MR) is 81.2 cm³/mol. The van der Waals surface area contributed by atoms with Crippen LogP contribution in [0.15, 0.2) is 30.6 Å². The molecule has 2 amide bonds. The quantitative estimate of drug-likeness (QED) is 0.707. The maximum atomic E-state index is 13.2. The lowest BCUT2D eigenvalue weighted by Gasteiger charge is -2.22. The Hall–Kier alpha value is -2.58. The van der Waals surface area contributed by atoms with Gasteiger partial charge in [-0.2, -0.15) is 18.3 Å². The molecule has 0 aliphatic rings. The Labute approximate surface area is 136 Å². The van der Waals surface area contributed by atoms with Crippen LogP contribution >= 0.6 is 0 Å². The third-order valence-corrected chi connectivity index (χ3v) is 3.32. The van der Waals surface area contributed by atoms with Crippen LogP contribution in [0.2, 0.25) is 0 Å². The minimum Gasteiger partial charge on any atom is -0.338 e. The fourth-order valence-electron chi connectivity index (χ4n) is 2.19. The van der Waals surface area contributed by atoms with E-state index in [9.17, 15) is 18.0 Å². The van der Waals surface area contributed by atoms with Crippen LogP contribution in [0.4, 0.5) is 18.0 Å². The number of H-pyrrole nitrogens is 1. The van der Waals surface area contributed by atoms with E-state index >= 15 is 0 Å². The fraction of sp³-hybridized carbons (Fsp3) is 0.400. The second-order valence-corrected chi connectivity index (χ2v) is 5.32. The van der Waals surface area contributed by atoms with Crippen molar-refractivity contribution in [1.82, 2.24) is 25.8 Å². The molecule has 130 valence electrons. The van der Waals surface area contributed by atoms with Crippen molar-refractivity contribution in [2.75, 3.05) is 6.54 Å². The number of alkyl halides is 3. The van der Waals surface area contributed by atoms with Gasteiger partial charge in [0.25, 0.3) is 0 Å². The summed E-state index contributed by atoms with van der Waals surface area (Å²) in [6, 6.07) is 3.06. The van der Waals surface area contributed by atoms with Crippen LogP contribution in [0.5, 0.6) is 0 Å². The van der Waals surface area contributed by atoms with E-state index in [-0.39, 0.29) is 12.1 Å². The number of carbonyl (C=O) groups is 1. The zero-order chi connectivity index (χ0) is 17.6. The monoisotopic (exact) mass is 341 g/mol. The van der Waals surface area contributed by atoms with E-state index in [4.69, 9.17) is 0 Å². The molecule has 0 unspecified atom stereocenters. The van der Waals surface area contributed by atoms with Crippen molar-refractivity contribution in [2.45, 2.75) is 32.0 Å². The Morgan fingerprint density at radius 2 is 2.17 bits per heavy atom. The van der Waals surface area contributed by atoms with Crippen LogP contribution in [0.1, 0.15) is 29.4 Å². The molecule has 9 heteroatoms. The summed E-state index contributed by atoms with van der Waals surface area (Å²) in [4.78, 5) is 15.7. The molecule has 0 aliphatic carbocycles. The van der Waals surface area contributed by atoms with Crippen molar-refractivity contribution in [1.29, 1.82) is 0 Å². The molecular weight excluding hydrogens is 323 g/mol. The zero-order valence-corrected chi connectivity index (χ0v) is 13.0. The number of halogens is 3. The number of hydrogen-bond donors (Lipinski definition) is 3. The Morgan fingerprint density at radius 1 is 1.38 bits per heavy atom. The minimum atomic E-state index is -4.58. The summed E-state index contributed by atoms with van der Waals surface area (Å²) in [6.45, 7) is 1.92. The van der Waals surface area contributed by atoms with Crippen LogP contribution in [-0.4, -0.2) is 33.9 Å². The molecule has 0 fully saturated rings. The van der Waals surface area contributed by atoms with Gasteiger partial charge in [-0.25, -0.2) is 9.78 Å². The van der Waals surface area contributed by atoms with E-state index in [1.165, 1.54) is 24.5 Å². The van der Waals surface area contributed by atoms with E-state index in [2.05, 4.69) is 20.5 Å². The summed E-state index contributed by atoms with van der Waals surface area (Å²) < 4.78 is 39.6. The smallest absolute Gasteiger partial charge is 0.338 e. The van der Waals surface area contributed by atoms with E-state index in [1.54, 1.807) is 13.0 Å². The Balaban J connectivity index is 1.88. The molecule has 3 N–H and O–H groups in total. The minimum absolute atomic E-state index is 0.000639. The van der Waals surface area contributed by atoms with Crippen LogP contribution in [0, 0.1) is 6.92 Å². The number of aryl methyl sites for hydroxylation is 2. The third kappa shape index (κ3) is 5.25. The first-order valence-electron chi connectivity index (χ1n) is 7.38. The van der Waals surface area contributed by atoms with Gasteiger partial charge in [0.15, 0.2) is 6.04 Å². The molecule has 0 radical (unpaired) electrons. The van der Waals surface area contributed by atoms with Gasteiger partial charge in [0.2, 0.25) is 0 Å². The first-order chi connectivity index (χ1) is 11.4. The highest BCUT2D eigenvalue weighted by Gasteiger charge is 2.41. The molecule has 2 rings (SSSR count). The molecule has 2 aromatic rings. The third-order valence-electron chi connectivity index (χ3n) is 3.32. The molecular formula is C15H18F3N5O. The molecule has 0 saturated heterocycles. The molecule has 0 aliphatic heterocycles. The molecule has 1 heterocycles. The highest BCUT2D eigenvalue weighted by Crippen LogP contribution is 2.32. The van der Waals surface area contributed by atoms with Crippen LogP contribution in [0.3, 0.4) is 0 Å². The van der Waals surface area contributed by atoms with E-state index in [0.717, 1.165) is 0 Å². The number of hydrogen-bond acceptors (Lipinski definition) is 3. The van der Waals surface area contributed by atoms with Gasteiger partial charge >= 0.3 is 12.2 Å². The van der Waals surface area contributed by atoms with Crippen LogP contribution in [-0.2, 0) is 6.42 Å². The van der Waals surface area contributed by atoms with E-state index < -0.39 is 18.2 Å². The number of carbonyl (C=O) groups excluding carboxylic acids is 1. The molecule has 0 saturated carbocycles. The van der Waals surface area contributed by atoms with Gasteiger partial charge < -0.3 is 10.6 Å². The SMILES string of the molecule is Cc1cccc([C@H](NC(=O)NCCCc2ncn[nH]2)C(F)(F)F)c1. The molecule has 1 aromatic heterocycles. The highest BCUT2D eigenvalue weighted by molar-refractivity contribution is 5.74. The van der Waals surface area contributed by atoms with Crippen molar-refractivity contribution in [3.63, 3.8) is 0 Å². The van der Waals surface area contributed by atoms with Gasteiger partial charge in [-0.05, 0) is 18.9 Å². The van der Waals surface area contributed by atoms with Crippen molar-refractivity contribution >= 4 is 6.03 Å². The van der Waals surface area contributed by atoms with Gasteiger partial charge in [0.1, 0.15) is 12.2 Å². The number of rotatable bonds is 6. The van der Waals surface area contributed by atoms with Crippen LogP contribution in [0.25, 0.3) is 0 Å². The Morgan fingerprint density at radius 3 is 2.79 bits per heavy atom. The van der Waals surface area contributed by atoms with Crippen molar-refractivity contribution in [3.8, 4) is 0 Å². The summed E-state index contributed by atoms with van der Waals surface area (Å²) in [5.74, 6) is 0.658. The van der Waals surface area contributed by atoms with Crippen molar-refractivity contribution < 1.29 is 18.0 Å². The number of nitrogens with one attached hydrogen (secondary N) is 3. The summed E-state index contributed by atoms with van der Waals surface area (Å²) >= 11 is 0. The number of urea groups is 1. The lowest BCUT2D eigenvalue weighted by Crippen LogP contribution is -2.43. The van der Waals surface area contributed by atoms with E-state index in [1.807, 2.05) is 5.32 Å². The average Bonchev–Trinajstić information content (AvgIpc) is 3.01. The number of nitrogens with zero attached hydrogens (tertiary/aromatic N) is 2. The topological polar surface area (TPSA) is 82.7 Å². The number of aromatic amines is 1. The second-order valence-electron chi connectivity index (χ2n) is 5.32. The summed E-state index contributed by atoms with van der Waals surface area (Å²) in [7, 11) is 0. The Kier molecular flexibility index (Phi) is 5.78. The van der Waals surface area contributed by atoms with Gasteiger partial charge in [-0.3, -0.25) is 5.10 Å². The maximum Gasteiger partial charge on any atom is 0.412 e. The van der Waals surface area contributed by atoms with E-state index in [0.29, 0.717) is 24.2 Å². The zero-order valence-electron chi connectivity index (χ0n) is 13.0. The summed E-state index contributed by atoms with van der Waals surface area (Å²) in [5.41, 5.74) is 0.690. The average molecular weight is 341 g/mol. The molecule has 0 bridgehead atoms. The largest absolute Gasteiger partial charge is 0.412 e. The predicted octanol–water partition coefficient (Wildman–Crippen LogP) is 2.65. The highest BCUT2D eigenvalue weighted by atomic mass is 19.4. The standard InChI is InChI=1S/C15H18F3N5O/c1-10-4-2-5-11(8-10)13(15(16,17)18)22-14(24)19-7-3-6-12-20-9-21-23-12/h2,4-5,8-9,13H,3,6-7H2,1H3,(H2,19,22,24)(H,20,21,23)/t13-/m0/s1. The number of aromatic nitrogens is 3. The lowest BCUT2D eigenvalue weighted by molar-refractivity contribution is -0.154. The second kappa shape index (κ2) is 7.80. The number of benzene rings is 1. The van der Waals surface area contributed by atoms with Crippen molar-refractivity contribution in [2.24, 2.45) is 0 Å². The molecule has 24 heavy (non-hydrogen) atoms. The first kappa shape index (κ1) is 17.8. The summed E-state index contributed by atoms with van der Waals surface area (Å²) in [5, 5.41) is 10.8. The van der Waals surface area contributed by atoms with Gasteiger partial charge in [0.05, 0.1) is 0 Å². The van der Waals surface area contributed by atoms with Gasteiger partial charge in [0, 0.05) is 13.0 Å². The Bertz CT molecular complexity index is 657. The van der Waals surface area contributed by atoms with Crippen molar-refractivity contribution in [3.05, 3.63) is 47.5 Å². The number of amides is 2. The molecule has 0 spiro atoms. The molecule has 1 aromatic carbocycles. The molecule has 6 nitrogen and oxygen atoms in total. The maximum absolute atomic E-state index is 13.2. The molecule has 1 atom stereocenters.